The van der Waals surface area contributed by atoms with Crippen LogP contribution in [0, 0.1) is 23.0 Å². The third-order valence-electron chi connectivity index (χ3n) is 3.94. The Hall–Kier alpha value is -1.43. The fraction of sp³-hybridized carbons (Fsp3) is 0.533. The van der Waals surface area contributed by atoms with Gasteiger partial charge in [0.15, 0.2) is 0 Å². The van der Waals surface area contributed by atoms with E-state index in [9.17, 15) is 14.9 Å². The van der Waals surface area contributed by atoms with Gasteiger partial charge in [0.1, 0.15) is 0 Å². The minimum absolute atomic E-state index is 0.0131. The van der Waals surface area contributed by atoms with Crippen LogP contribution in [0.5, 0.6) is 0 Å². The minimum atomic E-state index is -0.456. The second-order valence-electron chi connectivity index (χ2n) is 5.60. The molecule has 21 heavy (non-hydrogen) atoms. The van der Waals surface area contributed by atoms with Gasteiger partial charge in [0.05, 0.1) is 4.92 Å². The maximum absolute atomic E-state index is 12.1. The van der Waals surface area contributed by atoms with Crippen molar-refractivity contribution in [1.29, 1.82) is 0 Å². The molecular formula is C15H19BrN2O3. The van der Waals surface area contributed by atoms with Crippen LogP contribution in [0.1, 0.15) is 41.6 Å². The second kappa shape index (κ2) is 7.02. The van der Waals surface area contributed by atoms with Crippen molar-refractivity contribution in [3.05, 3.63) is 39.4 Å². The first-order valence-electron chi connectivity index (χ1n) is 7.14. The van der Waals surface area contributed by atoms with Crippen molar-refractivity contribution in [3.8, 4) is 0 Å². The Bertz CT molecular complexity index is 548. The summed E-state index contributed by atoms with van der Waals surface area (Å²) in [4.78, 5) is 23.1. The third kappa shape index (κ3) is 4.27. The van der Waals surface area contributed by atoms with E-state index in [0.717, 1.165) is 12.8 Å². The lowest BCUT2D eigenvalue weighted by molar-refractivity contribution is -0.385. The molecule has 6 heteroatoms. The average molecular weight is 355 g/mol. The van der Waals surface area contributed by atoms with Crippen LogP contribution >= 0.6 is 15.9 Å². The van der Waals surface area contributed by atoms with E-state index in [0.29, 0.717) is 28.4 Å². The number of nitrogens with zero attached hydrogens (tertiary/aromatic N) is 1. The highest BCUT2D eigenvalue weighted by Gasteiger charge is 2.21. The van der Waals surface area contributed by atoms with Gasteiger partial charge in [-0.1, -0.05) is 28.4 Å². The first-order valence-corrected chi connectivity index (χ1v) is 8.06. The molecule has 1 aromatic rings. The molecule has 0 aliphatic heterocycles. The van der Waals surface area contributed by atoms with Crippen LogP contribution in [0.3, 0.4) is 0 Å². The zero-order valence-corrected chi connectivity index (χ0v) is 13.6. The topological polar surface area (TPSA) is 72.2 Å². The highest BCUT2D eigenvalue weighted by atomic mass is 79.9. The van der Waals surface area contributed by atoms with Gasteiger partial charge in [0, 0.05) is 28.6 Å². The predicted molar refractivity (Wildman–Crippen MR) is 84.8 cm³/mol. The molecule has 2 unspecified atom stereocenters. The zero-order chi connectivity index (χ0) is 15.4. The third-order valence-corrected chi connectivity index (χ3v) is 4.77. The second-order valence-corrected chi connectivity index (χ2v) is 6.89. The lowest BCUT2D eigenvalue weighted by atomic mass is 9.89. The minimum Gasteiger partial charge on any atom is -0.352 e. The van der Waals surface area contributed by atoms with Gasteiger partial charge in [0.2, 0.25) is 0 Å². The molecule has 0 spiro atoms. The number of nitro groups is 1. The van der Waals surface area contributed by atoms with E-state index >= 15 is 0 Å². The number of alkyl halides is 1. The summed E-state index contributed by atoms with van der Waals surface area (Å²) in [5, 5.41) is 13.8. The normalized spacial score (nSPS) is 21.8. The van der Waals surface area contributed by atoms with Crippen molar-refractivity contribution in [3.63, 3.8) is 0 Å². The number of nitro benzene ring substituents is 1. The lowest BCUT2D eigenvalue weighted by Crippen LogP contribution is -2.32. The number of aryl methyl sites for hydroxylation is 1. The molecule has 1 amide bonds. The average Bonchev–Trinajstić information content (AvgIpc) is 2.45. The molecule has 0 radical (unpaired) electrons. The van der Waals surface area contributed by atoms with E-state index in [4.69, 9.17) is 0 Å². The van der Waals surface area contributed by atoms with Crippen molar-refractivity contribution in [2.75, 3.05) is 6.54 Å². The van der Waals surface area contributed by atoms with Crippen LogP contribution in [0.2, 0.25) is 0 Å². The van der Waals surface area contributed by atoms with E-state index in [-0.39, 0.29) is 11.6 Å². The Morgan fingerprint density at radius 3 is 2.90 bits per heavy atom. The van der Waals surface area contributed by atoms with Crippen LogP contribution < -0.4 is 5.32 Å². The Morgan fingerprint density at radius 1 is 1.48 bits per heavy atom. The SMILES string of the molecule is Cc1ccc(C(=O)NCC2CCCC(Br)C2)cc1[N+](=O)[O-]. The summed E-state index contributed by atoms with van der Waals surface area (Å²) in [5.41, 5.74) is 0.894. The molecule has 0 bridgehead atoms. The molecule has 1 N–H and O–H groups in total. The molecule has 1 aliphatic carbocycles. The highest BCUT2D eigenvalue weighted by Crippen LogP contribution is 2.28. The molecular weight excluding hydrogens is 336 g/mol. The van der Waals surface area contributed by atoms with Gasteiger partial charge >= 0.3 is 0 Å². The lowest BCUT2D eigenvalue weighted by Gasteiger charge is -2.25. The monoisotopic (exact) mass is 354 g/mol. The molecule has 1 aliphatic rings. The van der Waals surface area contributed by atoms with Crippen LogP contribution in [0.15, 0.2) is 18.2 Å². The Balaban J connectivity index is 1.97. The predicted octanol–water partition coefficient (Wildman–Crippen LogP) is 3.59. The summed E-state index contributed by atoms with van der Waals surface area (Å²) in [7, 11) is 0. The van der Waals surface area contributed by atoms with Crippen LogP contribution in [0.4, 0.5) is 5.69 Å². The number of hydrogen-bond donors (Lipinski definition) is 1. The Kier molecular flexibility index (Phi) is 5.33. The van der Waals surface area contributed by atoms with Gasteiger partial charge < -0.3 is 5.32 Å². The summed E-state index contributed by atoms with van der Waals surface area (Å²) in [6.07, 6.45) is 4.55. The van der Waals surface area contributed by atoms with Crippen LogP contribution in [-0.2, 0) is 0 Å². The number of carbonyl (C=O) groups excluding carboxylic acids is 1. The summed E-state index contributed by atoms with van der Waals surface area (Å²) < 4.78 is 0. The van der Waals surface area contributed by atoms with Crippen LogP contribution in [0.25, 0.3) is 0 Å². The fourth-order valence-electron chi connectivity index (χ4n) is 2.70. The van der Waals surface area contributed by atoms with Crippen molar-refractivity contribution in [2.45, 2.75) is 37.4 Å². The van der Waals surface area contributed by atoms with Gasteiger partial charge in [-0.05, 0) is 38.2 Å². The highest BCUT2D eigenvalue weighted by molar-refractivity contribution is 9.09. The van der Waals surface area contributed by atoms with Crippen molar-refractivity contribution < 1.29 is 9.72 Å². The molecule has 114 valence electrons. The van der Waals surface area contributed by atoms with Crippen molar-refractivity contribution >= 4 is 27.5 Å². The molecule has 5 nitrogen and oxygen atoms in total. The number of halogens is 1. The quantitative estimate of drug-likeness (QED) is 0.510. The molecule has 1 aromatic carbocycles. The fourth-order valence-corrected chi connectivity index (χ4v) is 3.55. The molecule has 1 saturated carbocycles. The van der Waals surface area contributed by atoms with Crippen molar-refractivity contribution in [2.24, 2.45) is 5.92 Å². The number of hydrogen-bond acceptors (Lipinski definition) is 3. The summed E-state index contributed by atoms with van der Waals surface area (Å²) in [6.45, 7) is 2.29. The summed E-state index contributed by atoms with van der Waals surface area (Å²) in [6, 6.07) is 4.59. The van der Waals surface area contributed by atoms with E-state index in [1.165, 1.54) is 18.9 Å². The molecule has 0 aromatic heterocycles. The first-order chi connectivity index (χ1) is 9.97. The Labute approximate surface area is 132 Å². The molecule has 2 rings (SSSR count). The molecule has 0 heterocycles. The molecule has 2 atom stereocenters. The van der Waals surface area contributed by atoms with E-state index in [1.54, 1.807) is 19.1 Å². The maximum Gasteiger partial charge on any atom is 0.273 e. The van der Waals surface area contributed by atoms with Crippen molar-refractivity contribution in [1.82, 2.24) is 5.32 Å². The molecule has 0 saturated heterocycles. The number of rotatable bonds is 4. The first kappa shape index (κ1) is 15.9. The number of amides is 1. The van der Waals surface area contributed by atoms with Gasteiger partial charge in [-0.3, -0.25) is 14.9 Å². The summed E-state index contributed by atoms with van der Waals surface area (Å²) >= 11 is 3.63. The van der Waals surface area contributed by atoms with Gasteiger partial charge in [-0.25, -0.2) is 0 Å². The standard InChI is InChI=1S/C15H19BrN2O3/c1-10-5-6-12(8-14(10)18(20)21)15(19)17-9-11-3-2-4-13(16)7-11/h5-6,8,11,13H,2-4,7,9H2,1H3,(H,17,19). The smallest absolute Gasteiger partial charge is 0.273 e. The van der Waals surface area contributed by atoms with Gasteiger partial charge in [-0.15, -0.1) is 0 Å². The molecule has 1 fully saturated rings. The number of nitrogens with one attached hydrogen (secondary N) is 1. The van der Waals surface area contributed by atoms with Gasteiger partial charge in [0.25, 0.3) is 11.6 Å². The largest absolute Gasteiger partial charge is 0.352 e. The van der Waals surface area contributed by atoms with Gasteiger partial charge in [-0.2, -0.15) is 0 Å². The van der Waals surface area contributed by atoms with E-state index in [1.807, 2.05) is 0 Å². The number of benzene rings is 1. The van der Waals surface area contributed by atoms with E-state index < -0.39 is 4.92 Å². The maximum atomic E-state index is 12.1. The van der Waals surface area contributed by atoms with Crippen LogP contribution in [-0.4, -0.2) is 22.2 Å². The Morgan fingerprint density at radius 2 is 2.24 bits per heavy atom. The summed E-state index contributed by atoms with van der Waals surface area (Å²) in [5.74, 6) is 0.238. The zero-order valence-electron chi connectivity index (χ0n) is 12.0. The number of carbonyl (C=O) groups is 1. The van der Waals surface area contributed by atoms with E-state index in [2.05, 4.69) is 21.2 Å².